The topological polar surface area (TPSA) is 76.4 Å². The van der Waals surface area contributed by atoms with Crippen molar-refractivity contribution in [2.24, 2.45) is 0 Å². The summed E-state index contributed by atoms with van der Waals surface area (Å²) in [6.45, 7) is 7.23. The molecule has 3 aromatic carbocycles. The van der Waals surface area contributed by atoms with Crippen LogP contribution >= 0.6 is 11.8 Å². The number of benzene rings is 3. The number of para-hydroxylation sites is 1. The number of aromatic carboxylic acids is 1. The molecule has 0 saturated heterocycles. The predicted molar refractivity (Wildman–Crippen MR) is 149 cm³/mol. The molecule has 2 N–H and O–H groups in total. The molecule has 0 fully saturated rings. The molecule has 0 spiro atoms. The predicted octanol–water partition coefficient (Wildman–Crippen LogP) is 7.48. The third kappa shape index (κ3) is 7.45. The quantitative estimate of drug-likeness (QED) is 0.182. The SMILES string of the molecule is Cc1cc(OCc2c(C(C)C)cnn2-c2ccccc2SC(F)(F)F)ccc1CNCc1cccc(C(=O)O)c1. The number of thioether (sulfide) groups is 1. The number of carboxylic acid groups (broad SMARTS) is 1. The molecular weight excluding hydrogens is 539 g/mol. The molecule has 210 valence electrons. The highest BCUT2D eigenvalue weighted by Gasteiger charge is 2.31. The Morgan fingerprint density at radius 2 is 1.85 bits per heavy atom. The number of alkyl halides is 3. The Morgan fingerprint density at radius 3 is 2.55 bits per heavy atom. The van der Waals surface area contributed by atoms with Crippen molar-refractivity contribution in [1.82, 2.24) is 15.1 Å². The molecule has 4 aromatic rings. The molecule has 4 rings (SSSR count). The van der Waals surface area contributed by atoms with E-state index in [-0.39, 0.29) is 34.7 Å². The first-order valence-corrected chi connectivity index (χ1v) is 13.5. The molecule has 0 aliphatic rings. The van der Waals surface area contributed by atoms with Gasteiger partial charge in [0, 0.05) is 18.0 Å². The van der Waals surface area contributed by atoms with Crippen LogP contribution in [0.4, 0.5) is 13.2 Å². The molecule has 0 radical (unpaired) electrons. The fraction of sp³-hybridized carbons (Fsp3) is 0.267. The lowest BCUT2D eigenvalue weighted by atomic mass is 10.0. The molecule has 0 amide bonds. The van der Waals surface area contributed by atoms with Crippen molar-refractivity contribution in [2.45, 2.75) is 56.8 Å². The second kappa shape index (κ2) is 12.6. The molecule has 0 unspecified atom stereocenters. The van der Waals surface area contributed by atoms with E-state index in [0.29, 0.717) is 30.2 Å². The summed E-state index contributed by atoms with van der Waals surface area (Å²) in [7, 11) is 0. The maximum Gasteiger partial charge on any atom is 0.446 e. The number of carboxylic acids is 1. The van der Waals surface area contributed by atoms with Crippen LogP contribution < -0.4 is 10.1 Å². The zero-order valence-corrected chi connectivity index (χ0v) is 23.1. The zero-order valence-electron chi connectivity index (χ0n) is 22.3. The average Bonchev–Trinajstić information content (AvgIpc) is 3.32. The Labute approximate surface area is 235 Å². The van der Waals surface area contributed by atoms with Gasteiger partial charge in [-0.1, -0.05) is 44.2 Å². The smallest absolute Gasteiger partial charge is 0.446 e. The van der Waals surface area contributed by atoms with Crippen molar-refractivity contribution in [1.29, 1.82) is 0 Å². The minimum atomic E-state index is -4.42. The fourth-order valence-electron chi connectivity index (χ4n) is 4.33. The number of halogens is 3. The summed E-state index contributed by atoms with van der Waals surface area (Å²) in [4.78, 5) is 11.2. The molecule has 6 nitrogen and oxygen atoms in total. The molecule has 10 heteroatoms. The fourth-order valence-corrected chi connectivity index (χ4v) is 4.98. The van der Waals surface area contributed by atoms with Gasteiger partial charge in [0.25, 0.3) is 0 Å². The maximum absolute atomic E-state index is 13.2. The maximum atomic E-state index is 13.2. The van der Waals surface area contributed by atoms with E-state index in [4.69, 9.17) is 9.84 Å². The van der Waals surface area contributed by atoms with Gasteiger partial charge in [0.05, 0.1) is 23.1 Å². The minimum absolute atomic E-state index is 0.0667. The Bertz CT molecular complexity index is 1480. The molecule has 40 heavy (non-hydrogen) atoms. The second-order valence-corrected chi connectivity index (χ2v) is 10.7. The standard InChI is InChI=1S/C30H30F3N3O3S/c1-19(2)25-17-35-36(26-9-4-5-10-28(26)40-30(31,32)33)27(25)18-39-24-12-11-23(20(3)13-24)16-34-15-21-7-6-8-22(14-21)29(37)38/h4-14,17,19,34H,15-16,18H2,1-3H3,(H,37,38). The van der Waals surface area contributed by atoms with E-state index in [1.54, 1.807) is 42.6 Å². The zero-order chi connectivity index (χ0) is 28.9. The van der Waals surface area contributed by atoms with Crippen LogP contribution in [-0.4, -0.2) is 26.4 Å². The van der Waals surface area contributed by atoms with E-state index in [1.807, 2.05) is 45.0 Å². The van der Waals surface area contributed by atoms with Crippen LogP contribution in [0.25, 0.3) is 5.69 Å². The van der Waals surface area contributed by atoms with Crippen molar-refractivity contribution in [3.05, 3.63) is 106 Å². The van der Waals surface area contributed by atoms with Gasteiger partial charge in [0.1, 0.15) is 12.4 Å². The van der Waals surface area contributed by atoms with Crippen LogP contribution in [0.2, 0.25) is 0 Å². The summed E-state index contributed by atoms with van der Waals surface area (Å²) in [6.07, 6.45) is 1.69. The molecule has 0 atom stereocenters. The van der Waals surface area contributed by atoms with Crippen LogP contribution in [0.5, 0.6) is 5.75 Å². The first-order valence-electron chi connectivity index (χ1n) is 12.7. The summed E-state index contributed by atoms with van der Waals surface area (Å²) in [5, 5.41) is 16.9. The van der Waals surface area contributed by atoms with Gasteiger partial charge in [-0.15, -0.1) is 0 Å². The van der Waals surface area contributed by atoms with E-state index in [9.17, 15) is 18.0 Å². The van der Waals surface area contributed by atoms with Crippen molar-refractivity contribution in [3.8, 4) is 11.4 Å². The van der Waals surface area contributed by atoms with Crippen LogP contribution in [0.1, 0.15) is 58.1 Å². The Morgan fingerprint density at radius 1 is 1.07 bits per heavy atom. The summed E-state index contributed by atoms with van der Waals surface area (Å²) in [5.41, 5.74) is 0.723. The lowest BCUT2D eigenvalue weighted by Gasteiger charge is -2.16. The summed E-state index contributed by atoms with van der Waals surface area (Å²) in [6, 6.07) is 18.9. The van der Waals surface area contributed by atoms with Crippen LogP contribution in [0.3, 0.4) is 0 Å². The summed E-state index contributed by atoms with van der Waals surface area (Å²) < 4.78 is 47.3. The number of aryl methyl sites for hydroxylation is 1. The number of hydrogen-bond acceptors (Lipinski definition) is 5. The van der Waals surface area contributed by atoms with E-state index in [2.05, 4.69) is 10.4 Å². The van der Waals surface area contributed by atoms with E-state index >= 15 is 0 Å². The lowest BCUT2D eigenvalue weighted by molar-refractivity contribution is -0.0328. The van der Waals surface area contributed by atoms with Crippen LogP contribution in [0, 0.1) is 6.92 Å². The highest BCUT2D eigenvalue weighted by molar-refractivity contribution is 8.00. The van der Waals surface area contributed by atoms with Gasteiger partial charge in [-0.25, -0.2) is 9.48 Å². The number of rotatable bonds is 11. The highest BCUT2D eigenvalue weighted by Crippen LogP contribution is 2.40. The molecule has 0 aliphatic heterocycles. The average molecular weight is 570 g/mol. The first kappa shape index (κ1) is 29.2. The summed E-state index contributed by atoms with van der Waals surface area (Å²) in [5.74, 6) is -0.224. The van der Waals surface area contributed by atoms with Gasteiger partial charge in [0.15, 0.2) is 0 Å². The number of hydrogen-bond donors (Lipinski definition) is 2. The normalized spacial score (nSPS) is 11.7. The van der Waals surface area contributed by atoms with E-state index in [1.165, 1.54) is 10.7 Å². The van der Waals surface area contributed by atoms with Crippen LogP contribution in [-0.2, 0) is 19.7 Å². The second-order valence-electron chi connectivity index (χ2n) is 9.61. The number of nitrogens with zero attached hydrogens (tertiary/aromatic N) is 2. The highest BCUT2D eigenvalue weighted by atomic mass is 32.2. The van der Waals surface area contributed by atoms with E-state index in [0.717, 1.165) is 22.3 Å². The number of carbonyl (C=O) groups is 1. The third-order valence-corrected chi connectivity index (χ3v) is 7.15. The van der Waals surface area contributed by atoms with Crippen molar-refractivity contribution < 1.29 is 27.8 Å². The Hall–Kier alpha value is -3.76. The number of nitrogens with one attached hydrogen (secondary N) is 1. The van der Waals surface area contributed by atoms with E-state index < -0.39 is 11.5 Å². The monoisotopic (exact) mass is 569 g/mol. The minimum Gasteiger partial charge on any atom is -0.487 e. The van der Waals surface area contributed by atoms with Gasteiger partial charge in [-0.05, 0) is 83.3 Å². The molecule has 1 aromatic heterocycles. The van der Waals surface area contributed by atoms with Gasteiger partial charge in [-0.3, -0.25) is 0 Å². The van der Waals surface area contributed by atoms with Crippen LogP contribution in [0.15, 0.2) is 77.8 Å². The Kier molecular flexibility index (Phi) is 9.21. The molecule has 0 saturated carbocycles. The largest absolute Gasteiger partial charge is 0.487 e. The molecular formula is C30H30F3N3O3S. The van der Waals surface area contributed by atoms with Gasteiger partial charge >= 0.3 is 11.5 Å². The third-order valence-electron chi connectivity index (χ3n) is 6.35. The molecule has 0 bridgehead atoms. The Balaban J connectivity index is 1.47. The first-order chi connectivity index (χ1) is 19.0. The number of aromatic nitrogens is 2. The molecule has 0 aliphatic carbocycles. The van der Waals surface area contributed by atoms with Crippen molar-refractivity contribution in [3.63, 3.8) is 0 Å². The molecule has 1 heterocycles. The number of ether oxygens (including phenoxy) is 1. The summed E-state index contributed by atoms with van der Waals surface area (Å²) >= 11 is -0.160. The van der Waals surface area contributed by atoms with Gasteiger partial charge in [0.2, 0.25) is 0 Å². The van der Waals surface area contributed by atoms with Crippen molar-refractivity contribution >= 4 is 17.7 Å². The van der Waals surface area contributed by atoms with Crippen molar-refractivity contribution in [2.75, 3.05) is 0 Å². The lowest BCUT2D eigenvalue weighted by Crippen LogP contribution is -2.14. The van der Waals surface area contributed by atoms with Gasteiger partial charge < -0.3 is 15.2 Å². The van der Waals surface area contributed by atoms with Gasteiger partial charge in [-0.2, -0.15) is 18.3 Å².